The lowest BCUT2D eigenvalue weighted by Crippen LogP contribution is -2.43. The number of nitrogens with zero attached hydrogens (tertiary/aromatic N) is 1. The summed E-state index contributed by atoms with van der Waals surface area (Å²) in [7, 11) is 0. The first-order valence-electron chi connectivity index (χ1n) is 6.38. The van der Waals surface area contributed by atoms with Crippen LogP contribution in [0, 0.1) is 5.92 Å². The molecule has 20 heavy (non-hydrogen) atoms. The summed E-state index contributed by atoms with van der Waals surface area (Å²) in [6, 6.07) is -1.16. The Morgan fingerprint density at radius 2 is 2.05 bits per heavy atom. The second-order valence-corrected chi connectivity index (χ2v) is 4.63. The van der Waals surface area contributed by atoms with Crippen LogP contribution < -0.4 is 5.32 Å². The van der Waals surface area contributed by atoms with Gasteiger partial charge in [-0.05, 0) is 13.3 Å². The van der Waals surface area contributed by atoms with Gasteiger partial charge in [0.2, 0.25) is 11.8 Å². The quantitative estimate of drug-likeness (QED) is 0.568. The average Bonchev–Trinajstić information content (AvgIpc) is 2.72. The van der Waals surface area contributed by atoms with Gasteiger partial charge in [-0.25, -0.2) is 4.79 Å². The van der Waals surface area contributed by atoms with Gasteiger partial charge in [0.1, 0.15) is 6.04 Å². The maximum Gasteiger partial charge on any atom is 0.326 e. The molecule has 1 rings (SSSR count). The van der Waals surface area contributed by atoms with Crippen LogP contribution in [0.2, 0.25) is 0 Å². The molecule has 0 saturated carbocycles. The van der Waals surface area contributed by atoms with Crippen LogP contribution in [-0.4, -0.2) is 58.0 Å². The Hall–Kier alpha value is -2.12. The average molecular weight is 286 g/mol. The summed E-state index contributed by atoms with van der Waals surface area (Å²) >= 11 is 0. The van der Waals surface area contributed by atoms with Crippen LogP contribution in [0.4, 0.5) is 0 Å². The number of rotatable bonds is 7. The van der Waals surface area contributed by atoms with Crippen molar-refractivity contribution in [2.75, 3.05) is 13.1 Å². The van der Waals surface area contributed by atoms with E-state index >= 15 is 0 Å². The SMILES string of the molecule is CCNC(=O)CC[C@@H](C(=O)O)N1CC(C(=O)O)CC1=O. The summed E-state index contributed by atoms with van der Waals surface area (Å²) in [6.45, 7) is 2.06. The van der Waals surface area contributed by atoms with Crippen molar-refractivity contribution < 1.29 is 29.4 Å². The molecule has 1 saturated heterocycles. The first-order valence-corrected chi connectivity index (χ1v) is 6.38. The number of aliphatic carboxylic acids is 2. The molecule has 2 amide bonds. The summed E-state index contributed by atoms with van der Waals surface area (Å²) in [4.78, 5) is 46.1. The van der Waals surface area contributed by atoms with E-state index in [1.165, 1.54) is 0 Å². The number of hydrogen-bond acceptors (Lipinski definition) is 4. The third-order valence-corrected chi connectivity index (χ3v) is 3.19. The van der Waals surface area contributed by atoms with Crippen molar-refractivity contribution in [3.63, 3.8) is 0 Å². The number of carboxylic acids is 2. The van der Waals surface area contributed by atoms with Gasteiger partial charge in [-0.1, -0.05) is 0 Å². The van der Waals surface area contributed by atoms with Crippen molar-refractivity contribution >= 4 is 23.8 Å². The maximum absolute atomic E-state index is 11.7. The molecule has 1 fully saturated rings. The molecule has 1 aliphatic heterocycles. The van der Waals surface area contributed by atoms with Gasteiger partial charge in [0.25, 0.3) is 0 Å². The van der Waals surface area contributed by atoms with Gasteiger partial charge in [0, 0.05) is 25.9 Å². The Bertz CT molecular complexity index is 422. The van der Waals surface area contributed by atoms with Crippen LogP contribution in [0.25, 0.3) is 0 Å². The molecule has 1 aliphatic rings. The molecule has 0 aromatic rings. The maximum atomic E-state index is 11.7. The van der Waals surface area contributed by atoms with Crippen LogP contribution in [0.1, 0.15) is 26.2 Å². The van der Waals surface area contributed by atoms with Gasteiger partial charge in [0.05, 0.1) is 5.92 Å². The number of nitrogens with one attached hydrogen (secondary N) is 1. The Kier molecular flexibility index (Phi) is 5.48. The van der Waals surface area contributed by atoms with E-state index in [-0.39, 0.29) is 31.7 Å². The zero-order chi connectivity index (χ0) is 15.3. The molecule has 0 aliphatic carbocycles. The molecular formula is C12H18N2O6. The summed E-state index contributed by atoms with van der Waals surface area (Å²) < 4.78 is 0. The largest absolute Gasteiger partial charge is 0.481 e. The van der Waals surface area contributed by atoms with Gasteiger partial charge in [-0.15, -0.1) is 0 Å². The fraction of sp³-hybridized carbons (Fsp3) is 0.667. The zero-order valence-electron chi connectivity index (χ0n) is 11.2. The fourth-order valence-electron chi connectivity index (χ4n) is 2.16. The molecule has 0 aromatic heterocycles. The first kappa shape index (κ1) is 15.9. The zero-order valence-corrected chi connectivity index (χ0v) is 11.2. The first-order chi connectivity index (χ1) is 9.36. The Balaban J connectivity index is 2.67. The highest BCUT2D eigenvalue weighted by Crippen LogP contribution is 2.22. The van der Waals surface area contributed by atoms with E-state index in [4.69, 9.17) is 10.2 Å². The van der Waals surface area contributed by atoms with Crippen LogP contribution >= 0.6 is 0 Å². The van der Waals surface area contributed by atoms with Crippen LogP contribution in [-0.2, 0) is 19.2 Å². The second kappa shape index (κ2) is 6.88. The number of carboxylic acid groups (broad SMARTS) is 2. The Morgan fingerprint density at radius 3 is 2.50 bits per heavy atom. The number of carbonyl (C=O) groups excluding carboxylic acids is 2. The molecule has 3 N–H and O–H groups in total. The molecule has 8 heteroatoms. The predicted octanol–water partition coefficient (Wildman–Crippen LogP) is -0.711. The fourth-order valence-corrected chi connectivity index (χ4v) is 2.16. The third kappa shape index (κ3) is 3.94. The molecule has 2 atom stereocenters. The minimum absolute atomic E-state index is 0.0215. The summed E-state index contributed by atoms with van der Waals surface area (Å²) in [5, 5.41) is 20.6. The molecule has 0 spiro atoms. The van der Waals surface area contributed by atoms with E-state index in [0.29, 0.717) is 6.54 Å². The highest BCUT2D eigenvalue weighted by Gasteiger charge is 2.40. The third-order valence-electron chi connectivity index (χ3n) is 3.19. The summed E-state index contributed by atoms with van der Waals surface area (Å²) in [5.41, 5.74) is 0. The predicted molar refractivity (Wildman–Crippen MR) is 66.8 cm³/mol. The Morgan fingerprint density at radius 1 is 1.40 bits per heavy atom. The van der Waals surface area contributed by atoms with Crippen LogP contribution in [0.15, 0.2) is 0 Å². The van der Waals surface area contributed by atoms with Crippen molar-refractivity contribution in [3.05, 3.63) is 0 Å². The van der Waals surface area contributed by atoms with E-state index in [9.17, 15) is 19.2 Å². The van der Waals surface area contributed by atoms with Crippen molar-refractivity contribution in [1.82, 2.24) is 10.2 Å². The standard InChI is InChI=1S/C12H18N2O6/c1-2-13-9(15)4-3-8(12(19)20)14-6-7(11(17)18)5-10(14)16/h7-8H,2-6H2,1H3,(H,13,15)(H,17,18)(H,19,20)/t7?,8-/m0/s1. The highest BCUT2D eigenvalue weighted by atomic mass is 16.4. The van der Waals surface area contributed by atoms with E-state index < -0.39 is 29.8 Å². The van der Waals surface area contributed by atoms with Crippen LogP contribution in [0.3, 0.4) is 0 Å². The number of hydrogen-bond donors (Lipinski definition) is 3. The second-order valence-electron chi connectivity index (χ2n) is 4.63. The highest BCUT2D eigenvalue weighted by molar-refractivity contribution is 5.90. The summed E-state index contributed by atoms with van der Waals surface area (Å²) in [6.07, 6.45) is -0.244. The molecule has 0 radical (unpaired) electrons. The van der Waals surface area contributed by atoms with Crippen molar-refractivity contribution in [2.45, 2.75) is 32.2 Å². The minimum atomic E-state index is -1.23. The lowest BCUT2D eigenvalue weighted by atomic mass is 10.1. The van der Waals surface area contributed by atoms with Crippen molar-refractivity contribution in [1.29, 1.82) is 0 Å². The molecule has 0 bridgehead atoms. The molecule has 8 nitrogen and oxygen atoms in total. The normalized spacial score (nSPS) is 19.8. The molecular weight excluding hydrogens is 268 g/mol. The minimum Gasteiger partial charge on any atom is -0.481 e. The number of amides is 2. The van der Waals surface area contributed by atoms with E-state index in [1.54, 1.807) is 6.92 Å². The molecule has 112 valence electrons. The molecule has 1 heterocycles. The lowest BCUT2D eigenvalue weighted by Gasteiger charge is -2.24. The molecule has 1 unspecified atom stereocenters. The van der Waals surface area contributed by atoms with E-state index in [2.05, 4.69) is 5.32 Å². The smallest absolute Gasteiger partial charge is 0.326 e. The lowest BCUT2D eigenvalue weighted by molar-refractivity contribution is -0.149. The van der Waals surface area contributed by atoms with Crippen LogP contribution in [0.5, 0.6) is 0 Å². The van der Waals surface area contributed by atoms with Gasteiger partial charge >= 0.3 is 11.9 Å². The van der Waals surface area contributed by atoms with Crippen molar-refractivity contribution in [2.24, 2.45) is 5.92 Å². The van der Waals surface area contributed by atoms with Crippen molar-refractivity contribution in [3.8, 4) is 0 Å². The van der Waals surface area contributed by atoms with Gasteiger partial charge < -0.3 is 20.4 Å². The monoisotopic (exact) mass is 286 g/mol. The van der Waals surface area contributed by atoms with E-state index in [1.807, 2.05) is 0 Å². The summed E-state index contributed by atoms with van der Waals surface area (Å²) in [5.74, 6) is -4.02. The van der Waals surface area contributed by atoms with Gasteiger partial charge in [0.15, 0.2) is 0 Å². The van der Waals surface area contributed by atoms with Gasteiger partial charge in [-0.2, -0.15) is 0 Å². The number of likely N-dealkylation sites (tertiary alicyclic amines) is 1. The Labute approximate surface area is 115 Å². The van der Waals surface area contributed by atoms with E-state index in [0.717, 1.165) is 4.90 Å². The topological polar surface area (TPSA) is 124 Å². The number of carbonyl (C=O) groups is 4. The van der Waals surface area contributed by atoms with Gasteiger partial charge in [-0.3, -0.25) is 14.4 Å². The molecule has 0 aromatic carbocycles.